The van der Waals surface area contributed by atoms with Crippen molar-refractivity contribution in [1.82, 2.24) is 30.1 Å². The first-order chi connectivity index (χ1) is 15.7. The number of aromatic nitrogens is 6. The van der Waals surface area contributed by atoms with Gasteiger partial charge in [-0.05, 0) is 36.4 Å². The van der Waals surface area contributed by atoms with Crippen LogP contribution >= 0.6 is 11.3 Å². The Hall–Kier alpha value is -4.11. The van der Waals surface area contributed by atoms with Crippen molar-refractivity contribution in [1.29, 1.82) is 0 Å². The van der Waals surface area contributed by atoms with E-state index in [9.17, 15) is 4.39 Å². The lowest BCUT2D eigenvalue weighted by Gasteiger charge is -2.04. The van der Waals surface area contributed by atoms with Crippen LogP contribution in [0.1, 0.15) is 0 Å². The highest BCUT2D eigenvalue weighted by Gasteiger charge is 2.16. The number of rotatable bonds is 4. The molecule has 0 aliphatic heterocycles. The number of fused-ring (bicyclic) bond motifs is 2. The van der Waals surface area contributed by atoms with E-state index in [2.05, 4.69) is 30.1 Å². The lowest BCUT2D eigenvalue weighted by molar-refractivity contribution is 0.413. The third-order valence-corrected chi connectivity index (χ3v) is 6.23. The molecule has 0 amide bonds. The van der Waals surface area contributed by atoms with E-state index in [1.54, 1.807) is 38.0 Å². The van der Waals surface area contributed by atoms with Gasteiger partial charge in [0.2, 0.25) is 0 Å². The topological polar surface area (TPSA) is 92.4 Å². The monoisotopic (exact) mass is 442 g/mol. The molecule has 0 bridgehead atoms. The molecule has 0 saturated heterocycles. The molecular formula is C23H15FN6OS. The van der Waals surface area contributed by atoms with Gasteiger partial charge in [0.1, 0.15) is 17.1 Å². The van der Waals surface area contributed by atoms with E-state index >= 15 is 0 Å². The van der Waals surface area contributed by atoms with Gasteiger partial charge in [-0.15, -0.1) is 11.3 Å². The van der Waals surface area contributed by atoms with Gasteiger partial charge in [-0.1, -0.05) is 0 Å². The fourth-order valence-electron chi connectivity index (χ4n) is 3.78. The number of nitrogens with zero attached hydrogens (tertiary/aromatic N) is 4. The van der Waals surface area contributed by atoms with Crippen LogP contribution in [0.5, 0.6) is 5.75 Å². The highest BCUT2D eigenvalue weighted by molar-refractivity contribution is 7.14. The summed E-state index contributed by atoms with van der Waals surface area (Å²) in [6, 6.07) is 11.1. The Kier molecular flexibility index (Phi) is 4.22. The zero-order valence-electron chi connectivity index (χ0n) is 16.8. The number of pyridine rings is 3. The fraction of sp³-hybridized carbons (Fsp3) is 0.0435. The third kappa shape index (κ3) is 3.02. The summed E-state index contributed by atoms with van der Waals surface area (Å²) in [4.78, 5) is 17.4. The van der Waals surface area contributed by atoms with Crippen LogP contribution in [0.15, 0.2) is 61.2 Å². The maximum atomic E-state index is 13.6. The maximum Gasteiger partial charge on any atom is 0.176 e. The number of thiophene rings is 1. The molecule has 0 atom stereocenters. The van der Waals surface area contributed by atoms with Gasteiger partial charge in [-0.2, -0.15) is 9.49 Å². The molecule has 0 aromatic carbocycles. The zero-order valence-corrected chi connectivity index (χ0v) is 17.6. The quantitative estimate of drug-likeness (QED) is 0.379. The summed E-state index contributed by atoms with van der Waals surface area (Å²) in [6.45, 7) is 0. The molecule has 0 saturated carbocycles. The molecule has 156 valence electrons. The average Bonchev–Trinajstić information content (AvgIpc) is 3.55. The number of hydrogen-bond donors (Lipinski definition) is 2. The summed E-state index contributed by atoms with van der Waals surface area (Å²) in [5.41, 5.74) is 5.63. The number of aromatic amines is 2. The Bertz CT molecular complexity index is 1600. The molecule has 6 aromatic rings. The first-order valence-electron chi connectivity index (χ1n) is 9.77. The molecule has 9 heteroatoms. The molecule has 7 nitrogen and oxygen atoms in total. The Morgan fingerprint density at radius 2 is 1.84 bits per heavy atom. The molecule has 0 aliphatic rings. The molecule has 6 rings (SSSR count). The van der Waals surface area contributed by atoms with Crippen molar-refractivity contribution in [3.05, 3.63) is 66.3 Å². The van der Waals surface area contributed by atoms with Crippen molar-refractivity contribution >= 4 is 33.4 Å². The minimum Gasteiger partial charge on any atom is -0.495 e. The van der Waals surface area contributed by atoms with E-state index in [-0.39, 0.29) is 5.13 Å². The minimum atomic E-state index is -0.218. The molecule has 0 radical (unpaired) electrons. The molecule has 0 unspecified atom stereocenters. The smallest absolute Gasteiger partial charge is 0.176 e. The molecule has 6 aromatic heterocycles. The molecule has 0 fully saturated rings. The normalized spacial score (nSPS) is 11.4. The Labute approximate surface area is 185 Å². The molecule has 32 heavy (non-hydrogen) atoms. The van der Waals surface area contributed by atoms with E-state index in [1.165, 1.54) is 6.07 Å². The Morgan fingerprint density at radius 1 is 0.938 bits per heavy atom. The number of methoxy groups -OCH3 is 1. The van der Waals surface area contributed by atoms with Crippen molar-refractivity contribution < 1.29 is 9.13 Å². The van der Waals surface area contributed by atoms with Crippen LogP contribution in [0.3, 0.4) is 0 Å². The van der Waals surface area contributed by atoms with Gasteiger partial charge in [0, 0.05) is 50.9 Å². The summed E-state index contributed by atoms with van der Waals surface area (Å²) in [5.74, 6) is 0.675. The van der Waals surface area contributed by atoms with Crippen molar-refractivity contribution in [3.8, 4) is 38.7 Å². The lowest BCUT2D eigenvalue weighted by Crippen LogP contribution is -1.87. The van der Waals surface area contributed by atoms with Crippen LogP contribution in [-0.4, -0.2) is 37.2 Å². The van der Waals surface area contributed by atoms with Gasteiger partial charge in [0.05, 0.1) is 19.0 Å². The molecular weight excluding hydrogens is 427 g/mol. The molecule has 2 N–H and O–H groups in total. The number of halogens is 1. The largest absolute Gasteiger partial charge is 0.495 e. The van der Waals surface area contributed by atoms with Crippen LogP contribution in [-0.2, 0) is 0 Å². The van der Waals surface area contributed by atoms with Gasteiger partial charge in [-0.3, -0.25) is 10.1 Å². The van der Waals surface area contributed by atoms with Crippen LogP contribution in [0.4, 0.5) is 4.39 Å². The van der Waals surface area contributed by atoms with Crippen molar-refractivity contribution in [3.63, 3.8) is 0 Å². The third-order valence-electron chi connectivity index (χ3n) is 5.32. The summed E-state index contributed by atoms with van der Waals surface area (Å²) in [7, 11) is 1.61. The number of ether oxygens (including phenoxy) is 1. The maximum absolute atomic E-state index is 13.6. The minimum absolute atomic E-state index is 0.218. The van der Waals surface area contributed by atoms with Crippen LogP contribution in [0, 0.1) is 5.13 Å². The van der Waals surface area contributed by atoms with Gasteiger partial charge in [-0.25, -0.2) is 9.97 Å². The Balaban J connectivity index is 1.49. The second kappa shape index (κ2) is 7.24. The second-order valence-electron chi connectivity index (χ2n) is 7.21. The highest BCUT2D eigenvalue weighted by atomic mass is 32.1. The number of H-pyrrole nitrogens is 2. The lowest BCUT2D eigenvalue weighted by atomic mass is 10.1. The average molecular weight is 442 g/mol. The van der Waals surface area contributed by atoms with Gasteiger partial charge in [0.25, 0.3) is 0 Å². The number of nitrogens with one attached hydrogen (secondary N) is 2. The standard InChI is InChI=1S/C23H15FN6OS/c1-31-14-6-12(9-25-11-14)13-7-17-21(29-30-23(17)27-10-13)18-8-16-15(4-5-26-22(16)28-18)19-2-3-20(24)32-19/h2-11H,1H3,(H,26,28)(H,27,29,30). The number of hydrogen-bond acceptors (Lipinski definition) is 6. The fourth-order valence-corrected chi connectivity index (χ4v) is 4.55. The highest BCUT2D eigenvalue weighted by Crippen LogP contribution is 2.36. The molecule has 0 spiro atoms. The van der Waals surface area contributed by atoms with Crippen LogP contribution < -0.4 is 4.74 Å². The molecule has 0 aliphatic carbocycles. The Morgan fingerprint density at radius 3 is 2.69 bits per heavy atom. The predicted octanol–water partition coefficient (Wildman–Crippen LogP) is 5.44. The first-order valence-corrected chi connectivity index (χ1v) is 10.6. The molecule has 6 heterocycles. The van der Waals surface area contributed by atoms with Crippen LogP contribution in [0.25, 0.3) is 55.0 Å². The summed E-state index contributed by atoms with van der Waals surface area (Å²) >= 11 is 1.11. The van der Waals surface area contributed by atoms with E-state index < -0.39 is 0 Å². The summed E-state index contributed by atoms with van der Waals surface area (Å²) in [5, 5.41) is 9.03. The van der Waals surface area contributed by atoms with E-state index in [0.717, 1.165) is 55.1 Å². The van der Waals surface area contributed by atoms with Gasteiger partial charge < -0.3 is 9.72 Å². The first kappa shape index (κ1) is 18.6. The predicted molar refractivity (Wildman–Crippen MR) is 122 cm³/mol. The van der Waals surface area contributed by atoms with Crippen molar-refractivity contribution in [2.75, 3.05) is 7.11 Å². The van der Waals surface area contributed by atoms with E-state index in [0.29, 0.717) is 17.0 Å². The van der Waals surface area contributed by atoms with E-state index in [4.69, 9.17) is 4.74 Å². The summed E-state index contributed by atoms with van der Waals surface area (Å²) in [6.07, 6.45) is 6.92. The summed E-state index contributed by atoms with van der Waals surface area (Å²) < 4.78 is 18.9. The second-order valence-corrected chi connectivity index (χ2v) is 8.25. The zero-order chi connectivity index (χ0) is 21.7. The van der Waals surface area contributed by atoms with Gasteiger partial charge in [0.15, 0.2) is 10.8 Å². The van der Waals surface area contributed by atoms with Crippen molar-refractivity contribution in [2.24, 2.45) is 0 Å². The van der Waals surface area contributed by atoms with Gasteiger partial charge >= 0.3 is 0 Å². The SMILES string of the molecule is COc1cncc(-c2cnc3[nH]nc(-c4cc5c(-c6ccc(F)s6)ccnc5[nH]4)c3c2)c1. The van der Waals surface area contributed by atoms with Crippen molar-refractivity contribution in [2.45, 2.75) is 0 Å². The van der Waals surface area contributed by atoms with E-state index in [1.807, 2.05) is 24.3 Å². The van der Waals surface area contributed by atoms with Crippen LogP contribution in [0.2, 0.25) is 0 Å².